The summed E-state index contributed by atoms with van der Waals surface area (Å²) >= 11 is 1.42. The van der Waals surface area contributed by atoms with Crippen molar-refractivity contribution in [3.05, 3.63) is 15.6 Å². The highest BCUT2D eigenvalue weighted by Crippen LogP contribution is 2.23. The molecule has 0 aliphatic carbocycles. The summed E-state index contributed by atoms with van der Waals surface area (Å²) in [5.74, 6) is 0.0126. The second-order valence-corrected chi connectivity index (χ2v) is 8.70. The van der Waals surface area contributed by atoms with E-state index in [-0.39, 0.29) is 11.9 Å². The van der Waals surface area contributed by atoms with Crippen molar-refractivity contribution in [2.75, 3.05) is 26.4 Å². The minimum atomic E-state index is -3.17. The second kappa shape index (κ2) is 6.02. The number of carbonyl (C=O) groups is 1. The summed E-state index contributed by atoms with van der Waals surface area (Å²) in [7, 11) is -1.57. The lowest BCUT2D eigenvalue weighted by molar-refractivity contribution is 0.0690. The topological polar surface area (TPSA) is 70.6 Å². The Balaban J connectivity index is 2.01. The van der Waals surface area contributed by atoms with Gasteiger partial charge in [0.1, 0.15) is 4.88 Å². The minimum absolute atomic E-state index is 0.0126. The van der Waals surface area contributed by atoms with Crippen LogP contribution in [-0.2, 0) is 10.0 Å². The van der Waals surface area contributed by atoms with E-state index in [2.05, 4.69) is 4.98 Å². The first-order chi connectivity index (χ1) is 9.70. The zero-order chi connectivity index (χ0) is 15.8. The number of hydrogen-bond acceptors (Lipinski definition) is 5. The van der Waals surface area contributed by atoms with Gasteiger partial charge in [0.25, 0.3) is 5.91 Å². The van der Waals surface area contributed by atoms with Crippen molar-refractivity contribution < 1.29 is 13.2 Å². The number of nitrogens with zero attached hydrogens (tertiary/aromatic N) is 3. The predicted octanol–water partition coefficient (Wildman–Crippen LogP) is 1.26. The monoisotopic (exact) mass is 331 g/mol. The Morgan fingerprint density at radius 2 is 1.90 bits per heavy atom. The standard InChI is InChI=1S/C13H21N3O3S2/c1-9-12(20-10(2)14-9)13(17)16-7-5-11(6-8-16)15(3)21(4,18)19/h11H,5-8H2,1-4H3. The van der Waals surface area contributed by atoms with Gasteiger partial charge in [-0.3, -0.25) is 4.79 Å². The van der Waals surface area contributed by atoms with E-state index >= 15 is 0 Å². The summed E-state index contributed by atoms with van der Waals surface area (Å²) < 4.78 is 24.5. The number of carbonyl (C=O) groups excluding carboxylic acids is 1. The van der Waals surface area contributed by atoms with E-state index in [1.807, 2.05) is 13.8 Å². The van der Waals surface area contributed by atoms with E-state index in [0.717, 1.165) is 10.7 Å². The molecule has 0 N–H and O–H groups in total. The first kappa shape index (κ1) is 16.4. The molecule has 0 spiro atoms. The smallest absolute Gasteiger partial charge is 0.265 e. The van der Waals surface area contributed by atoms with E-state index in [1.165, 1.54) is 21.9 Å². The van der Waals surface area contributed by atoms with Crippen LogP contribution in [0.25, 0.3) is 0 Å². The molecule has 1 aliphatic heterocycles. The SMILES string of the molecule is Cc1nc(C)c(C(=O)N2CCC(N(C)S(C)(=O)=O)CC2)s1. The molecule has 1 aromatic heterocycles. The average molecular weight is 331 g/mol. The molecule has 1 fully saturated rings. The molecule has 0 atom stereocenters. The molecule has 1 amide bonds. The summed E-state index contributed by atoms with van der Waals surface area (Å²) in [4.78, 5) is 19.3. The Kier molecular flexibility index (Phi) is 4.69. The van der Waals surface area contributed by atoms with Crippen LogP contribution in [-0.4, -0.2) is 60.9 Å². The zero-order valence-corrected chi connectivity index (χ0v) is 14.4. The van der Waals surface area contributed by atoms with Crippen LogP contribution in [0.2, 0.25) is 0 Å². The molecule has 0 bridgehead atoms. The molecule has 1 saturated heterocycles. The highest BCUT2D eigenvalue weighted by molar-refractivity contribution is 7.88. The maximum Gasteiger partial charge on any atom is 0.265 e. The second-order valence-electron chi connectivity index (χ2n) is 5.45. The van der Waals surface area contributed by atoms with Gasteiger partial charge in [-0.05, 0) is 26.7 Å². The maximum absolute atomic E-state index is 12.5. The summed E-state index contributed by atoms with van der Waals surface area (Å²) in [6, 6.07) is -0.0201. The summed E-state index contributed by atoms with van der Waals surface area (Å²) in [6.07, 6.45) is 2.56. The van der Waals surface area contributed by atoms with E-state index in [1.54, 1.807) is 11.9 Å². The predicted molar refractivity (Wildman–Crippen MR) is 83.1 cm³/mol. The van der Waals surface area contributed by atoms with E-state index < -0.39 is 10.0 Å². The van der Waals surface area contributed by atoms with Gasteiger partial charge in [0.15, 0.2) is 0 Å². The lowest BCUT2D eigenvalue weighted by atomic mass is 10.1. The highest BCUT2D eigenvalue weighted by atomic mass is 32.2. The van der Waals surface area contributed by atoms with Crippen molar-refractivity contribution in [3.8, 4) is 0 Å². The Morgan fingerprint density at radius 1 is 1.33 bits per heavy atom. The van der Waals surface area contributed by atoms with Gasteiger partial charge in [0.05, 0.1) is 17.0 Å². The molecule has 2 heterocycles. The number of thiazole rings is 1. The Labute approximate surface area is 129 Å². The Hall–Kier alpha value is -0.990. The Morgan fingerprint density at radius 3 is 2.33 bits per heavy atom. The van der Waals surface area contributed by atoms with Crippen molar-refractivity contribution in [2.24, 2.45) is 0 Å². The molecule has 21 heavy (non-hydrogen) atoms. The van der Waals surface area contributed by atoms with E-state index in [0.29, 0.717) is 30.8 Å². The number of hydrogen-bond donors (Lipinski definition) is 0. The van der Waals surface area contributed by atoms with Crippen molar-refractivity contribution in [1.82, 2.24) is 14.2 Å². The first-order valence-electron chi connectivity index (χ1n) is 6.86. The first-order valence-corrected chi connectivity index (χ1v) is 9.53. The normalized spacial score (nSPS) is 17.5. The largest absolute Gasteiger partial charge is 0.338 e. The summed E-state index contributed by atoms with van der Waals surface area (Å²) in [5.41, 5.74) is 0.776. The molecule has 6 nitrogen and oxygen atoms in total. The number of rotatable bonds is 3. The lowest BCUT2D eigenvalue weighted by Crippen LogP contribution is -2.47. The average Bonchev–Trinajstić information content (AvgIpc) is 2.75. The van der Waals surface area contributed by atoms with Gasteiger partial charge in [-0.25, -0.2) is 17.7 Å². The van der Waals surface area contributed by atoms with Crippen LogP contribution in [0.4, 0.5) is 0 Å². The van der Waals surface area contributed by atoms with Crippen LogP contribution in [0.1, 0.15) is 33.2 Å². The third-order valence-electron chi connectivity index (χ3n) is 3.89. The number of piperidine rings is 1. The number of likely N-dealkylation sites (tertiary alicyclic amines) is 1. The molecular formula is C13H21N3O3S2. The van der Waals surface area contributed by atoms with Crippen LogP contribution in [0.5, 0.6) is 0 Å². The zero-order valence-electron chi connectivity index (χ0n) is 12.8. The van der Waals surface area contributed by atoms with Gasteiger partial charge in [-0.1, -0.05) is 0 Å². The fourth-order valence-corrected chi connectivity index (χ4v) is 4.22. The fraction of sp³-hybridized carbons (Fsp3) is 0.692. The fourth-order valence-electron chi connectivity index (χ4n) is 2.58. The molecule has 2 rings (SSSR count). The number of aryl methyl sites for hydroxylation is 2. The van der Waals surface area contributed by atoms with Crippen LogP contribution in [0, 0.1) is 13.8 Å². The van der Waals surface area contributed by atoms with E-state index in [9.17, 15) is 13.2 Å². The molecule has 0 radical (unpaired) electrons. The van der Waals surface area contributed by atoms with E-state index in [4.69, 9.17) is 0 Å². The van der Waals surface area contributed by atoms with Crippen LogP contribution in [0.15, 0.2) is 0 Å². The van der Waals surface area contributed by atoms with Gasteiger partial charge < -0.3 is 4.90 Å². The summed E-state index contributed by atoms with van der Waals surface area (Å²) in [6.45, 7) is 4.90. The van der Waals surface area contributed by atoms with Crippen LogP contribution in [0.3, 0.4) is 0 Å². The molecular weight excluding hydrogens is 310 g/mol. The van der Waals surface area contributed by atoms with Crippen LogP contribution < -0.4 is 0 Å². The number of sulfonamides is 1. The van der Waals surface area contributed by atoms with Crippen molar-refractivity contribution in [1.29, 1.82) is 0 Å². The lowest BCUT2D eigenvalue weighted by Gasteiger charge is -2.35. The molecule has 118 valence electrons. The third-order valence-corrected chi connectivity index (χ3v) is 6.29. The quantitative estimate of drug-likeness (QED) is 0.836. The molecule has 1 aromatic rings. The number of amides is 1. The van der Waals surface area contributed by atoms with Crippen LogP contribution >= 0.6 is 11.3 Å². The maximum atomic E-state index is 12.5. The van der Waals surface area contributed by atoms with Gasteiger partial charge in [-0.15, -0.1) is 11.3 Å². The van der Waals surface area contributed by atoms with Gasteiger partial charge in [0, 0.05) is 26.2 Å². The molecule has 8 heteroatoms. The highest BCUT2D eigenvalue weighted by Gasteiger charge is 2.30. The van der Waals surface area contributed by atoms with Crippen molar-refractivity contribution >= 4 is 27.3 Å². The molecule has 0 unspecified atom stereocenters. The third kappa shape index (κ3) is 3.61. The molecule has 0 saturated carbocycles. The minimum Gasteiger partial charge on any atom is -0.338 e. The Bertz CT molecular complexity index is 631. The molecule has 0 aromatic carbocycles. The van der Waals surface area contributed by atoms with Gasteiger partial charge in [0.2, 0.25) is 10.0 Å². The summed E-state index contributed by atoms with van der Waals surface area (Å²) in [5, 5.41) is 0.891. The molecule has 1 aliphatic rings. The number of aromatic nitrogens is 1. The van der Waals surface area contributed by atoms with Gasteiger partial charge >= 0.3 is 0 Å². The van der Waals surface area contributed by atoms with Crippen molar-refractivity contribution in [2.45, 2.75) is 32.7 Å². The van der Waals surface area contributed by atoms with Gasteiger partial charge in [-0.2, -0.15) is 0 Å². The van der Waals surface area contributed by atoms with Crippen molar-refractivity contribution in [3.63, 3.8) is 0 Å².